The third-order valence-corrected chi connectivity index (χ3v) is 12.7. The first kappa shape index (κ1) is 37.4. The van der Waals surface area contributed by atoms with Crippen molar-refractivity contribution in [2.45, 2.75) is 86.8 Å². The number of nitrogens with one attached hydrogen (secondary N) is 2. The molecule has 0 unspecified atom stereocenters. The molecule has 272 valence electrons. The molecule has 3 aromatic rings. The Morgan fingerprint density at radius 1 is 0.423 bits per heavy atom. The van der Waals surface area contributed by atoms with Crippen molar-refractivity contribution in [2.75, 3.05) is 13.1 Å². The fraction of sp³-hybridized carbons (Fsp3) is 0.350. The van der Waals surface area contributed by atoms with Crippen molar-refractivity contribution < 1.29 is 36.0 Å². The van der Waals surface area contributed by atoms with E-state index in [1.807, 2.05) is 0 Å². The van der Waals surface area contributed by atoms with Crippen LogP contribution in [0.15, 0.2) is 93.8 Å². The van der Waals surface area contributed by atoms with Gasteiger partial charge >= 0.3 is 0 Å². The SMILES string of the molecule is O=C1C2=CCCC=C2C(=O)c2cc(S(=O)(=O)NCCCCCCCCCCCCNS(=O)(=O)c3ccc4c(c3)C(=O)c3ccccc3C4=O)ccc21. The van der Waals surface area contributed by atoms with Crippen LogP contribution in [0.3, 0.4) is 0 Å². The first-order chi connectivity index (χ1) is 25.0. The maximum Gasteiger partial charge on any atom is 0.240 e. The van der Waals surface area contributed by atoms with Gasteiger partial charge in [0, 0.05) is 57.6 Å². The monoisotopic (exact) mass is 742 g/mol. The van der Waals surface area contributed by atoms with Gasteiger partial charge in [0.25, 0.3) is 0 Å². The van der Waals surface area contributed by atoms with E-state index in [1.165, 1.54) is 36.4 Å². The van der Waals surface area contributed by atoms with Crippen molar-refractivity contribution in [1.29, 1.82) is 0 Å². The van der Waals surface area contributed by atoms with Crippen LogP contribution in [-0.2, 0) is 20.0 Å². The number of carbonyl (C=O) groups excluding carboxylic acids is 4. The van der Waals surface area contributed by atoms with Crippen LogP contribution in [0.4, 0.5) is 0 Å². The van der Waals surface area contributed by atoms with Crippen molar-refractivity contribution in [3.63, 3.8) is 0 Å². The molecule has 0 fully saturated rings. The van der Waals surface area contributed by atoms with Gasteiger partial charge in [-0.3, -0.25) is 19.2 Å². The van der Waals surface area contributed by atoms with E-state index in [1.54, 1.807) is 36.4 Å². The molecule has 0 aromatic heterocycles. The molecule has 2 N–H and O–H groups in total. The molecule has 12 heteroatoms. The zero-order chi connectivity index (χ0) is 36.9. The number of allylic oxidation sites excluding steroid dienone is 4. The van der Waals surface area contributed by atoms with Crippen molar-refractivity contribution in [2.24, 2.45) is 0 Å². The standard InChI is InChI=1S/C40H42N2O8S2/c43-37-29-15-9-11-17-31(29)39(45)35-25-27(19-21-33(35)37)51(47,48)41-23-13-7-5-3-1-2-4-6-8-14-24-42-52(49,50)28-20-22-34-36(26-28)40(46)32-18-12-10-16-30(32)38(34)44/h9,11,15-22,25-26,41-42H,1-8,10,12-14,23-24H2. The fourth-order valence-electron chi connectivity index (χ4n) is 6.96. The molecular formula is C40H42N2O8S2. The largest absolute Gasteiger partial charge is 0.289 e. The number of hydrogen-bond donors (Lipinski definition) is 2. The molecule has 0 aliphatic heterocycles. The van der Waals surface area contributed by atoms with Crippen molar-refractivity contribution >= 4 is 43.2 Å². The number of Topliss-reactive ketones (excluding diaryl/α,β-unsaturated/α-hetero) is 2. The topological polar surface area (TPSA) is 161 Å². The summed E-state index contributed by atoms with van der Waals surface area (Å²) in [5.41, 5.74) is 2.07. The van der Waals surface area contributed by atoms with E-state index < -0.39 is 20.0 Å². The Bertz CT molecular complexity index is 2220. The van der Waals surface area contributed by atoms with Gasteiger partial charge in [-0.05, 0) is 62.1 Å². The second kappa shape index (κ2) is 16.1. The van der Waals surface area contributed by atoms with E-state index in [4.69, 9.17) is 0 Å². The zero-order valence-electron chi connectivity index (χ0n) is 28.9. The Kier molecular flexibility index (Phi) is 11.6. The third-order valence-electron chi connectivity index (χ3n) is 9.83. The quantitative estimate of drug-likeness (QED) is 0.114. The van der Waals surface area contributed by atoms with E-state index in [0.717, 1.165) is 51.4 Å². The smallest absolute Gasteiger partial charge is 0.240 e. The predicted octanol–water partition coefficient (Wildman–Crippen LogP) is 6.65. The van der Waals surface area contributed by atoms with Gasteiger partial charge in [0.1, 0.15) is 0 Å². The molecule has 0 bridgehead atoms. The molecule has 0 atom stereocenters. The van der Waals surface area contributed by atoms with Gasteiger partial charge in [-0.1, -0.05) is 87.8 Å². The number of ketones is 4. The van der Waals surface area contributed by atoms with Gasteiger partial charge in [-0.15, -0.1) is 0 Å². The number of unbranched alkanes of at least 4 members (excludes halogenated alkanes) is 9. The predicted molar refractivity (Wildman–Crippen MR) is 197 cm³/mol. The summed E-state index contributed by atoms with van der Waals surface area (Å²) in [5.74, 6) is -1.20. The summed E-state index contributed by atoms with van der Waals surface area (Å²) in [6, 6.07) is 14.7. The van der Waals surface area contributed by atoms with Gasteiger partial charge in [0.2, 0.25) is 20.0 Å². The molecule has 3 aromatic carbocycles. The third kappa shape index (κ3) is 8.00. The minimum atomic E-state index is -3.84. The zero-order valence-corrected chi connectivity index (χ0v) is 30.5. The van der Waals surface area contributed by atoms with Gasteiger partial charge in [0.05, 0.1) is 9.79 Å². The average molecular weight is 743 g/mol. The van der Waals surface area contributed by atoms with Gasteiger partial charge in [-0.2, -0.15) is 0 Å². The van der Waals surface area contributed by atoms with Gasteiger partial charge in [0.15, 0.2) is 23.1 Å². The Balaban J connectivity index is 0.828. The van der Waals surface area contributed by atoms with E-state index in [9.17, 15) is 36.0 Å². The first-order valence-corrected chi connectivity index (χ1v) is 20.9. The number of fused-ring (bicyclic) bond motifs is 4. The Morgan fingerprint density at radius 2 is 0.769 bits per heavy atom. The maximum absolute atomic E-state index is 13.0. The summed E-state index contributed by atoms with van der Waals surface area (Å²) < 4.78 is 56.9. The van der Waals surface area contributed by atoms with E-state index >= 15 is 0 Å². The highest BCUT2D eigenvalue weighted by atomic mass is 32.2. The summed E-state index contributed by atoms with van der Waals surface area (Å²) in [7, 11) is -7.66. The highest BCUT2D eigenvalue weighted by molar-refractivity contribution is 7.89. The summed E-state index contributed by atoms with van der Waals surface area (Å²) >= 11 is 0. The van der Waals surface area contributed by atoms with Crippen LogP contribution >= 0.6 is 0 Å². The molecule has 0 saturated heterocycles. The molecule has 0 heterocycles. The molecule has 0 saturated carbocycles. The highest BCUT2D eigenvalue weighted by Crippen LogP contribution is 2.34. The lowest BCUT2D eigenvalue weighted by Crippen LogP contribution is -2.27. The van der Waals surface area contributed by atoms with Gasteiger partial charge < -0.3 is 0 Å². The highest BCUT2D eigenvalue weighted by Gasteiger charge is 2.34. The number of rotatable bonds is 17. The van der Waals surface area contributed by atoms with E-state index in [2.05, 4.69) is 9.44 Å². The number of sulfonamides is 2. The Hall–Kier alpha value is -4.36. The van der Waals surface area contributed by atoms with Crippen LogP contribution in [0.25, 0.3) is 0 Å². The minimum Gasteiger partial charge on any atom is -0.289 e. The number of carbonyl (C=O) groups is 4. The molecular weight excluding hydrogens is 701 g/mol. The second-order valence-corrected chi connectivity index (χ2v) is 17.0. The molecule has 6 rings (SSSR count). The van der Waals surface area contributed by atoms with Crippen molar-refractivity contribution in [3.05, 3.63) is 117 Å². The molecule has 0 radical (unpaired) electrons. The lowest BCUT2D eigenvalue weighted by atomic mass is 9.79. The number of benzene rings is 3. The molecule has 3 aliphatic rings. The first-order valence-electron chi connectivity index (χ1n) is 18.0. The number of hydrogen-bond acceptors (Lipinski definition) is 8. The van der Waals surface area contributed by atoms with Crippen LogP contribution < -0.4 is 9.44 Å². The normalized spacial score (nSPS) is 15.4. The van der Waals surface area contributed by atoms with Crippen molar-refractivity contribution in [1.82, 2.24) is 9.44 Å². The van der Waals surface area contributed by atoms with E-state index in [-0.39, 0.29) is 73.8 Å². The molecule has 52 heavy (non-hydrogen) atoms. The molecule has 0 amide bonds. The summed E-state index contributed by atoms with van der Waals surface area (Å²) in [4.78, 5) is 51.6. The Morgan fingerprint density at radius 3 is 1.23 bits per heavy atom. The van der Waals surface area contributed by atoms with E-state index in [0.29, 0.717) is 42.4 Å². The van der Waals surface area contributed by atoms with Crippen LogP contribution in [-0.4, -0.2) is 53.1 Å². The van der Waals surface area contributed by atoms with Crippen LogP contribution in [0.2, 0.25) is 0 Å². The minimum absolute atomic E-state index is 0.0220. The van der Waals surface area contributed by atoms with Gasteiger partial charge in [-0.25, -0.2) is 26.3 Å². The maximum atomic E-state index is 13.0. The molecule has 3 aliphatic carbocycles. The Labute approximate surface area is 304 Å². The van der Waals surface area contributed by atoms with Crippen LogP contribution in [0.1, 0.15) is 130 Å². The molecule has 10 nitrogen and oxygen atoms in total. The lowest BCUT2D eigenvalue weighted by Gasteiger charge is -2.22. The van der Waals surface area contributed by atoms with Crippen molar-refractivity contribution in [3.8, 4) is 0 Å². The van der Waals surface area contributed by atoms with Crippen LogP contribution in [0.5, 0.6) is 0 Å². The second-order valence-electron chi connectivity index (χ2n) is 13.4. The van der Waals surface area contributed by atoms with Crippen LogP contribution in [0, 0.1) is 0 Å². The summed E-state index contributed by atoms with van der Waals surface area (Å²) in [5, 5.41) is 0. The summed E-state index contributed by atoms with van der Waals surface area (Å²) in [6.45, 7) is 0.562. The fourth-order valence-corrected chi connectivity index (χ4v) is 9.16. The summed E-state index contributed by atoms with van der Waals surface area (Å²) in [6.07, 6.45) is 14.2. The molecule has 0 spiro atoms. The average Bonchev–Trinajstić information content (AvgIpc) is 3.15. The lowest BCUT2D eigenvalue weighted by molar-refractivity contribution is 0.0971.